The summed E-state index contributed by atoms with van der Waals surface area (Å²) in [6, 6.07) is 18.9. The third kappa shape index (κ3) is 4.42. The smallest absolute Gasteiger partial charge is 0.348 e. The number of esters is 1. The number of thiophene rings is 1. The van der Waals surface area contributed by atoms with Crippen molar-refractivity contribution < 1.29 is 9.53 Å². The predicted octanol–water partition coefficient (Wildman–Crippen LogP) is 6.19. The fourth-order valence-corrected chi connectivity index (χ4v) is 4.58. The molecule has 1 N–H and O–H groups in total. The minimum Gasteiger partial charge on any atom is -0.462 e. The lowest BCUT2D eigenvalue weighted by Gasteiger charge is -2.07. The molecule has 2 heterocycles. The Morgan fingerprint density at radius 3 is 2.26 bits per heavy atom. The monoisotopic (exact) mass is 475 g/mol. The summed E-state index contributed by atoms with van der Waals surface area (Å²) in [5.41, 5.74) is 3.36. The van der Waals surface area contributed by atoms with Crippen LogP contribution in [0.1, 0.15) is 27.9 Å². The standard InChI is InChI=1S/C25H25N5O3S/c1-5-33-25(32)22-16(2)20(23(34-22)26-18-12-8-6-9-13-18)27-28-21-17(3)29(4)30(24(21)31)19-14-10-7-11-15-19/h6-15,26H,5H2,1-4H3. The molecule has 0 aliphatic carbocycles. The first-order chi connectivity index (χ1) is 16.4. The van der Waals surface area contributed by atoms with Crippen LogP contribution in [0.15, 0.2) is 75.7 Å². The van der Waals surface area contributed by atoms with Crippen LogP contribution in [0.25, 0.3) is 5.69 Å². The summed E-state index contributed by atoms with van der Waals surface area (Å²) < 4.78 is 8.51. The Hall–Kier alpha value is -3.98. The molecule has 0 unspecified atom stereocenters. The minimum absolute atomic E-state index is 0.236. The van der Waals surface area contributed by atoms with Gasteiger partial charge in [-0.1, -0.05) is 36.4 Å². The molecule has 0 spiro atoms. The minimum atomic E-state index is -0.412. The number of carbonyl (C=O) groups excluding carboxylic acids is 1. The molecule has 174 valence electrons. The summed E-state index contributed by atoms with van der Waals surface area (Å²) in [5, 5.41) is 12.7. The zero-order chi connectivity index (χ0) is 24.2. The molecule has 0 saturated heterocycles. The van der Waals surface area contributed by atoms with Gasteiger partial charge in [0.05, 0.1) is 18.0 Å². The second-order valence-electron chi connectivity index (χ2n) is 7.56. The molecule has 0 aliphatic heterocycles. The second kappa shape index (κ2) is 9.88. The van der Waals surface area contributed by atoms with Gasteiger partial charge in [0.15, 0.2) is 5.69 Å². The van der Waals surface area contributed by atoms with E-state index in [2.05, 4.69) is 15.5 Å². The fraction of sp³-hybridized carbons (Fsp3) is 0.200. The van der Waals surface area contributed by atoms with Gasteiger partial charge in [-0.3, -0.25) is 9.48 Å². The average Bonchev–Trinajstić information content (AvgIpc) is 3.26. The third-order valence-corrected chi connectivity index (χ3v) is 6.56. The molecule has 0 amide bonds. The van der Waals surface area contributed by atoms with Gasteiger partial charge in [0.1, 0.15) is 15.6 Å². The number of benzene rings is 2. The predicted molar refractivity (Wildman–Crippen MR) is 135 cm³/mol. The van der Waals surface area contributed by atoms with Gasteiger partial charge in [-0.05, 0) is 45.0 Å². The van der Waals surface area contributed by atoms with Gasteiger partial charge in [0.25, 0.3) is 5.56 Å². The summed E-state index contributed by atoms with van der Waals surface area (Å²) in [6.45, 7) is 5.66. The molecule has 34 heavy (non-hydrogen) atoms. The summed E-state index contributed by atoms with van der Waals surface area (Å²) in [4.78, 5) is 26.1. The van der Waals surface area contributed by atoms with Crippen molar-refractivity contribution in [2.24, 2.45) is 17.3 Å². The Balaban J connectivity index is 1.78. The SMILES string of the molecule is CCOC(=O)c1sc(Nc2ccccc2)c(N=Nc2c(C)n(C)n(-c3ccccc3)c2=O)c1C. The summed E-state index contributed by atoms with van der Waals surface area (Å²) in [7, 11) is 1.81. The van der Waals surface area contributed by atoms with E-state index in [9.17, 15) is 9.59 Å². The maximum Gasteiger partial charge on any atom is 0.348 e. The largest absolute Gasteiger partial charge is 0.462 e. The Bertz CT molecular complexity index is 1400. The summed E-state index contributed by atoms with van der Waals surface area (Å²) in [5.74, 6) is -0.412. The van der Waals surface area contributed by atoms with E-state index in [1.165, 1.54) is 11.3 Å². The van der Waals surface area contributed by atoms with Crippen LogP contribution in [0, 0.1) is 13.8 Å². The summed E-state index contributed by atoms with van der Waals surface area (Å²) >= 11 is 1.25. The molecular weight excluding hydrogens is 450 g/mol. The number of carbonyl (C=O) groups is 1. The lowest BCUT2D eigenvalue weighted by atomic mass is 10.2. The van der Waals surface area contributed by atoms with Crippen molar-refractivity contribution in [3.05, 3.63) is 87.2 Å². The lowest BCUT2D eigenvalue weighted by molar-refractivity contribution is 0.0531. The van der Waals surface area contributed by atoms with Gasteiger partial charge in [-0.2, -0.15) is 0 Å². The van der Waals surface area contributed by atoms with Crippen molar-refractivity contribution in [2.45, 2.75) is 20.8 Å². The molecule has 0 bridgehead atoms. The number of ether oxygens (including phenoxy) is 1. The Kier molecular flexibility index (Phi) is 6.74. The average molecular weight is 476 g/mol. The van der Waals surface area contributed by atoms with Gasteiger partial charge in [0, 0.05) is 18.3 Å². The van der Waals surface area contributed by atoms with Gasteiger partial charge in [-0.25, -0.2) is 9.48 Å². The van der Waals surface area contributed by atoms with Gasteiger partial charge < -0.3 is 10.1 Å². The van der Waals surface area contributed by atoms with E-state index < -0.39 is 5.97 Å². The van der Waals surface area contributed by atoms with Crippen LogP contribution in [0.3, 0.4) is 0 Å². The van der Waals surface area contributed by atoms with E-state index in [1.807, 2.05) is 67.6 Å². The molecule has 8 nitrogen and oxygen atoms in total. The van der Waals surface area contributed by atoms with E-state index in [4.69, 9.17) is 4.74 Å². The second-order valence-corrected chi connectivity index (χ2v) is 8.58. The Morgan fingerprint density at radius 1 is 1.00 bits per heavy atom. The van der Waals surface area contributed by atoms with Crippen molar-refractivity contribution >= 4 is 39.4 Å². The molecule has 2 aromatic heterocycles. The van der Waals surface area contributed by atoms with Crippen molar-refractivity contribution in [1.29, 1.82) is 0 Å². The van der Waals surface area contributed by atoms with E-state index in [-0.39, 0.29) is 17.9 Å². The number of azo groups is 1. The van der Waals surface area contributed by atoms with E-state index in [0.717, 1.165) is 11.4 Å². The number of nitrogens with one attached hydrogen (secondary N) is 1. The van der Waals surface area contributed by atoms with Crippen LogP contribution in [-0.2, 0) is 11.8 Å². The van der Waals surface area contributed by atoms with Crippen LogP contribution < -0.4 is 10.9 Å². The quantitative estimate of drug-likeness (QED) is 0.255. The molecule has 4 aromatic rings. The first-order valence-corrected chi connectivity index (χ1v) is 11.6. The molecule has 0 atom stereocenters. The number of rotatable bonds is 7. The number of hydrogen-bond acceptors (Lipinski definition) is 7. The normalized spacial score (nSPS) is 11.2. The molecule has 0 aliphatic rings. The number of anilines is 2. The van der Waals surface area contributed by atoms with Crippen LogP contribution in [0.5, 0.6) is 0 Å². The molecule has 2 aromatic carbocycles. The van der Waals surface area contributed by atoms with Gasteiger partial charge in [-0.15, -0.1) is 21.6 Å². The molecular formula is C25H25N5O3S. The van der Waals surface area contributed by atoms with Gasteiger partial charge in [0.2, 0.25) is 0 Å². The van der Waals surface area contributed by atoms with Crippen molar-refractivity contribution in [3.8, 4) is 5.69 Å². The number of aromatic nitrogens is 2. The molecule has 0 fully saturated rings. The van der Waals surface area contributed by atoms with Crippen LogP contribution in [0.4, 0.5) is 22.1 Å². The first kappa shape index (κ1) is 23.2. The van der Waals surface area contributed by atoms with Crippen molar-refractivity contribution in [1.82, 2.24) is 9.36 Å². The topological polar surface area (TPSA) is 90.0 Å². The lowest BCUT2D eigenvalue weighted by Crippen LogP contribution is -2.19. The molecule has 0 saturated carbocycles. The molecule has 9 heteroatoms. The van der Waals surface area contributed by atoms with Crippen molar-refractivity contribution in [2.75, 3.05) is 11.9 Å². The Labute approximate surface area is 201 Å². The van der Waals surface area contributed by atoms with E-state index in [0.29, 0.717) is 26.8 Å². The maximum absolute atomic E-state index is 13.2. The zero-order valence-corrected chi connectivity index (χ0v) is 20.2. The number of nitrogens with zero attached hydrogens (tertiary/aromatic N) is 4. The maximum atomic E-state index is 13.2. The highest BCUT2D eigenvalue weighted by molar-refractivity contribution is 7.18. The number of para-hydroxylation sites is 2. The van der Waals surface area contributed by atoms with Crippen molar-refractivity contribution in [3.63, 3.8) is 0 Å². The van der Waals surface area contributed by atoms with Gasteiger partial charge >= 0.3 is 5.97 Å². The fourth-order valence-electron chi connectivity index (χ4n) is 3.52. The summed E-state index contributed by atoms with van der Waals surface area (Å²) in [6.07, 6.45) is 0. The molecule has 4 rings (SSSR count). The van der Waals surface area contributed by atoms with Crippen LogP contribution in [0.2, 0.25) is 0 Å². The Morgan fingerprint density at radius 2 is 1.62 bits per heavy atom. The van der Waals surface area contributed by atoms with E-state index in [1.54, 1.807) is 30.3 Å². The highest BCUT2D eigenvalue weighted by Crippen LogP contribution is 2.42. The first-order valence-electron chi connectivity index (χ1n) is 10.8. The molecule has 0 radical (unpaired) electrons. The third-order valence-electron chi connectivity index (χ3n) is 5.38. The van der Waals surface area contributed by atoms with Crippen LogP contribution in [-0.4, -0.2) is 21.9 Å². The number of hydrogen-bond donors (Lipinski definition) is 1. The van der Waals surface area contributed by atoms with E-state index >= 15 is 0 Å². The highest BCUT2D eigenvalue weighted by atomic mass is 32.1. The van der Waals surface area contributed by atoms with Crippen LogP contribution >= 0.6 is 11.3 Å². The zero-order valence-electron chi connectivity index (χ0n) is 19.4. The highest BCUT2D eigenvalue weighted by Gasteiger charge is 2.22.